The lowest BCUT2D eigenvalue weighted by Gasteiger charge is -2.40. The number of hydrogen-bond donors (Lipinski definition) is 2. The fourth-order valence-electron chi connectivity index (χ4n) is 1.78. The molecule has 2 rings (SSSR count). The summed E-state index contributed by atoms with van der Waals surface area (Å²) in [5, 5.41) is 12.2. The van der Waals surface area contributed by atoms with E-state index >= 15 is 0 Å². The first kappa shape index (κ1) is 12.4. The summed E-state index contributed by atoms with van der Waals surface area (Å²) in [5.74, 6) is -0.881. The molecular weight excluding hydrogens is 228 g/mol. The highest BCUT2D eigenvalue weighted by Gasteiger charge is 2.37. The van der Waals surface area contributed by atoms with Crippen molar-refractivity contribution in [3.63, 3.8) is 0 Å². The Hall–Kier alpha value is -1.04. The second-order valence-corrected chi connectivity index (χ2v) is 4.49. The molecule has 0 atom stereocenters. The molecule has 1 saturated heterocycles. The van der Waals surface area contributed by atoms with Crippen LogP contribution >= 0.6 is 0 Å². The molecule has 0 amide bonds. The predicted molar refractivity (Wildman–Crippen MR) is 58.4 cm³/mol. The van der Waals surface area contributed by atoms with Gasteiger partial charge in [0.25, 0.3) is 0 Å². The average molecular weight is 243 g/mol. The topological polar surface area (TPSA) is 41.5 Å². The zero-order valence-electron chi connectivity index (χ0n) is 9.38. The van der Waals surface area contributed by atoms with Gasteiger partial charge in [-0.05, 0) is 18.2 Å². The van der Waals surface area contributed by atoms with Crippen LogP contribution in [0.3, 0.4) is 0 Å². The Morgan fingerprint density at radius 1 is 1.35 bits per heavy atom. The Labute approximate surface area is 98.4 Å². The summed E-state index contributed by atoms with van der Waals surface area (Å²) in [6.07, 6.45) is 0. The van der Waals surface area contributed by atoms with Crippen LogP contribution in [0.5, 0.6) is 0 Å². The van der Waals surface area contributed by atoms with Crippen LogP contribution in [0.4, 0.5) is 8.78 Å². The van der Waals surface area contributed by atoms with Crippen molar-refractivity contribution >= 4 is 0 Å². The molecular formula is C12H15F2NO2. The van der Waals surface area contributed by atoms with E-state index < -0.39 is 11.6 Å². The third kappa shape index (κ3) is 2.80. The van der Waals surface area contributed by atoms with Crippen LogP contribution in [0.1, 0.15) is 5.56 Å². The third-order valence-corrected chi connectivity index (χ3v) is 2.98. The van der Waals surface area contributed by atoms with Gasteiger partial charge in [-0.2, -0.15) is 0 Å². The second kappa shape index (κ2) is 5.08. The van der Waals surface area contributed by atoms with Crippen molar-refractivity contribution in [1.82, 2.24) is 5.32 Å². The third-order valence-electron chi connectivity index (χ3n) is 2.98. The highest BCUT2D eigenvalue weighted by Crippen LogP contribution is 2.25. The first-order chi connectivity index (χ1) is 8.15. The molecule has 94 valence electrons. The normalized spacial score (nSPS) is 17.8. The number of nitrogens with one attached hydrogen (secondary N) is 1. The summed E-state index contributed by atoms with van der Waals surface area (Å²) in [7, 11) is 0. The molecule has 0 aliphatic carbocycles. The van der Waals surface area contributed by atoms with Gasteiger partial charge in [-0.1, -0.05) is 0 Å². The summed E-state index contributed by atoms with van der Waals surface area (Å²) >= 11 is 0. The van der Waals surface area contributed by atoms with Crippen LogP contribution in [-0.2, 0) is 11.3 Å². The highest BCUT2D eigenvalue weighted by atomic mass is 19.1. The number of ether oxygens (including phenoxy) is 1. The van der Waals surface area contributed by atoms with Gasteiger partial charge in [0.2, 0.25) is 0 Å². The van der Waals surface area contributed by atoms with Crippen molar-refractivity contribution in [2.75, 3.05) is 26.4 Å². The number of aliphatic hydroxyl groups excluding tert-OH is 1. The number of rotatable bonds is 5. The minimum Gasteiger partial charge on any atom is -0.396 e. The van der Waals surface area contributed by atoms with Gasteiger partial charge in [0.15, 0.2) is 0 Å². The van der Waals surface area contributed by atoms with E-state index in [1.54, 1.807) is 0 Å². The molecule has 0 radical (unpaired) electrons. The predicted octanol–water partition coefficient (Wildman–Crippen LogP) is 1.06. The van der Waals surface area contributed by atoms with Crippen LogP contribution in [-0.4, -0.2) is 31.5 Å². The van der Waals surface area contributed by atoms with Gasteiger partial charge in [-0.3, -0.25) is 0 Å². The molecule has 1 fully saturated rings. The fraction of sp³-hybridized carbons (Fsp3) is 0.500. The Balaban J connectivity index is 1.87. The second-order valence-electron chi connectivity index (χ2n) is 4.49. The van der Waals surface area contributed by atoms with Crippen molar-refractivity contribution in [2.45, 2.75) is 6.54 Å². The maximum atomic E-state index is 13.3. The molecule has 1 heterocycles. The quantitative estimate of drug-likeness (QED) is 0.812. The molecule has 0 spiro atoms. The summed E-state index contributed by atoms with van der Waals surface area (Å²) in [6.45, 7) is 1.81. The van der Waals surface area contributed by atoms with Crippen LogP contribution in [0.15, 0.2) is 18.2 Å². The largest absolute Gasteiger partial charge is 0.396 e. The maximum absolute atomic E-state index is 13.3. The lowest BCUT2D eigenvalue weighted by Crippen LogP contribution is -2.52. The fourth-order valence-corrected chi connectivity index (χ4v) is 1.78. The lowest BCUT2D eigenvalue weighted by atomic mass is 9.87. The highest BCUT2D eigenvalue weighted by molar-refractivity contribution is 5.18. The number of hydrogen-bond acceptors (Lipinski definition) is 3. The Morgan fingerprint density at radius 3 is 2.71 bits per heavy atom. The molecule has 17 heavy (non-hydrogen) atoms. The summed E-state index contributed by atoms with van der Waals surface area (Å²) < 4.78 is 31.2. The van der Waals surface area contributed by atoms with Gasteiger partial charge < -0.3 is 15.2 Å². The van der Waals surface area contributed by atoms with Gasteiger partial charge in [-0.15, -0.1) is 0 Å². The molecule has 5 heteroatoms. The first-order valence-electron chi connectivity index (χ1n) is 5.48. The first-order valence-corrected chi connectivity index (χ1v) is 5.48. The van der Waals surface area contributed by atoms with E-state index in [0.717, 1.165) is 12.1 Å². The van der Waals surface area contributed by atoms with Crippen molar-refractivity contribution in [3.8, 4) is 0 Å². The van der Waals surface area contributed by atoms with Crippen LogP contribution in [0, 0.1) is 17.0 Å². The van der Waals surface area contributed by atoms with E-state index in [2.05, 4.69) is 5.32 Å². The monoisotopic (exact) mass is 243 g/mol. The average Bonchev–Trinajstić information content (AvgIpc) is 2.27. The zero-order valence-corrected chi connectivity index (χ0v) is 9.38. The van der Waals surface area contributed by atoms with Gasteiger partial charge in [-0.25, -0.2) is 8.78 Å². The van der Waals surface area contributed by atoms with E-state index in [0.29, 0.717) is 25.3 Å². The van der Waals surface area contributed by atoms with Gasteiger partial charge in [0.05, 0.1) is 25.2 Å². The molecule has 0 saturated carbocycles. The molecule has 1 aliphatic heterocycles. The standard InChI is InChI=1S/C12H15F2NO2/c13-10-1-2-11(14)9(3-10)4-15-5-12(6-16)7-17-8-12/h1-3,15-16H,4-8H2. The molecule has 1 aromatic rings. The van der Waals surface area contributed by atoms with Crippen molar-refractivity contribution in [1.29, 1.82) is 0 Å². The van der Waals surface area contributed by atoms with Crippen molar-refractivity contribution < 1.29 is 18.6 Å². The number of benzene rings is 1. The molecule has 2 N–H and O–H groups in total. The SMILES string of the molecule is OCC1(CNCc2cc(F)ccc2F)COC1. The Bertz CT molecular complexity index is 389. The molecule has 1 aliphatic rings. The summed E-state index contributed by atoms with van der Waals surface area (Å²) in [6, 6.07) is 3.37. The number of halogens is 2. The molecule has 0 aromatic heterocycles. The molecule has 1 aromatic carbocycles. The molecule has 0 unspecified atom stereocenters. The summed E-state index contributed by atoms with van der Waals surface area (Å²) in [5.41, 5.74) is 0.0300. The van der Waals surface area contributed by atoms with Gasteiger partial charge >= 0.3 is 0 Å². The van der Waals surface area contributed by atoms with Crippen LogP contribution < -0.4 is 5.32 Å². The number of aliphatic hydroxyl groups is 1. The van der Waals surface area contributed by atoms with E-state index in [9.17, 15) is 13.9 Å². The Morgan fingerprint density at radius 2 is 2.12 bits per heavy atom. The molecule has 0 bridgehead atoms. The van der Waals surface area contributed by atoms with Crippen molar-refractivity contribution in [3.05, 3.63) is 35.4 Å². The van der Waals surface area contributed by atoms with Gasteiger partial charge in [0.1, 0.15) is 11.6 Å². The van der Waals surface area contributed by atoms with Crippen LogP contribution in [0.25, 0.3) is 0 Å². The van der Waals surface area contributed by atoms with Crippen molar-refractivity contribution in [2.24, 2.45) is 5.41 Å². The lowest BCUT2D eigenvalue weighted by molar-refractivity contribution is -0.134. The van der Waals surface area contributed by atoms with E-state index in [-0.39, 0.29) is 18.6 Å². The van der Waals surface area contributed by atoms with E-state index in [4.69, 9.17) is 4.74 Å². The minimum absolute atomic E-state index is 0.0334. The maximum Gasteiger partial charge on any atom is 0.127 e. The zero-order chi connectivity index (χ0) is 12.3. The molecule has 3 nitrogen and oxygen atoms in total. The van der Waals surface area contributed by atoms with Gasteiger partial charge in [0, 0.05) is 18.7 Å². The van der Waals surface area contributed by atoms with E-state index in [1.165, 1.54) is 6.07 Å². The minimum atomic E-state index is -0.452. The Kier molecular flexibility index (Phi) is 3.71. The van der Waals surface area contributed by atoms with E-state index in [1.807, 2.05) is 0 Å². The summed E-state index contributed by atoms with van der Waals surface area (Å²) in [4.78, 5) is 0. The smallest absolute Gasteiger partial charge is 0.127 e. The van der Waals surface area contributed by atoms with Crippen LogP contribution in [0.2, 0.25) is 0 Å².